The average Bonchev–Trinajstić information content (AvgIpc) is 3.72. The van der Waals surface area contributed by atoms with Crippen molar-refractivity contribution in [2.45, 2.75) is 83.0 Å². The van der Waals surface area contributed by atoms with Crippen molar-refractivity contribution in [3.8, 4) is 0 Å². The Kier molecular flexibility index (Phi) is 11.4. The molecule has 0 bridgehead atoms. The molecule has 16 heteroatoms. The summed E-state index contributed by atoms with van der Waals surface area (Å²) < 4.78 is 74.8. The van der Waals surface area contributed by atoms with Gasteiger partial charge in [-0.1, -0.05) is 0 Å². The number of ether oxygens (including phenoxy) is 1. The van der Waals surface area contributed by atoms with Gasteiger partial charge in [-0.15, -0.1) is 0 Å². The Labute approximate surface area is 232 Å². The van der Waals surface area contributed by atoms with Crippen molar-refractivity contribution in [1.82, 2.24) is 15.6 Å². The van der Waals surface area contributed by atoms with Gasteiger partial charge in [0.15, 0.2) is 0 Å². The molecule has 1 aromatic rings. The number of carboxylic acids is 1. The third kappa shape index (κ3) is 12.5. The first-order valence-corrected chi connectivity index (χ1v) is 12.9. The van der Waals surface area contributed by atoms with Crippen LogP contribution in [0.25, 0.3) is 0 Å². The highest BCUT2D eigenvalue weighted by Crippen LogP contribution is 2.50. The van der Waals surface area contributed by atoms with Crippen LogP contribution in [0.2, 0.25) is 0 Å². The summed E-state index contributed by atoms with van der Waals surface area (Å²) in [6.07, 6.45) is -4.63. The normalized spacial score (nSPS) is 17.1. The molecular weight excluding hydrogens is 564 g/mol. The molecule has 1 aromatic heterocycles. The smallest absolute Gasteiger partial charge is 0.475 e. The van der Waals surface area contributed by atoms with E-state index in [1.807, 2.05) is 0 Å². The van der Waals surface area contributed by atoms with Crippen molar-refractivity contribution in [3.05, 3.63) is 23.9 Å². The fourth-order valence-corrected chi connectivity index (χ4v) is 4.01. The number of alkyl carbamates (subject to hydrolysis) is 1. The van der Waals surface area contributed by atoms with Crippen LogP contribution in [-0.2, 0) is 20.9 Å². The van der Waals surface area contributed by atoms with Gasteiger partial charge in [-0.2, -0.15) is 26.3 Å². The number of aliphatic carboxylic acids is 1. The van der Waals surface area contributed by atoms with E-state index in [0.717, 1.165) is 25.7 Å². The number of nitrogens with zero attached hydrogens (tertiary/aromatic N) is 1. The van der Waals surface area contributed by atoms with E-state index in [4.69, 9.17) is 20.4 Å². The van der Waals surface area contributed by atoms with Gasteiger partial charge in [0.05, 0.1) is 0 Å². The Balaban J connectivity index is 0.000000745. The number of anilines is 1. The van der Waals surface area contributed by atoms with E-state index in [1.54, 1.807) is 32.9 Å². The van der Waals surface area contributed by atoms with E-state index in [2.05, 4.69) is 20.9 Å². The van der Waals surface area contributed by atoms with Crippen LogP contribution in [-0.4, -0.2) is 64.6 Å². The second-order valence-corrected chi connectivity index (χ2v) is 11.0. The number of hydrogen-bond donors (Lipinski definition) is 5. The van der Waals surface area contributed by atoms with Crippen LogP contribution in [0.1, 0.15) is 52.0 Å². The van der Waals surface area contributed by atoms with Gasteiger partial charge in [-0.25, -0.2) is 14.6 Å². The molecule has 0 unspecified atom stereocenters. The highest BCUT2D eigenvalue weighted by Gasteiger charge is 2.48. The third-order valence-electron chi connectivity index (χ3n) is 6.10. The number of amides is 2. The molecule has 0 spiro atoms. The average molecular weight is 600 g/mol. The lowest BCUT2D eigenvalue weighted by Crippen LogP contribution is -2.51. The predicted molar refractivity (Wildman–Crippen MR) is 134 cm³/mol. The summed E-state index contributed by atoms with van der Waals surface area (Å²) in [5.74, 6) is -2.08. The summed E-state index contributed by atoms with van der Waals surface area (Å²) in [5, 5.41) is 15.3. The first-order chi connectivity index (χ1) is 18.8. The van der Waals surface area contributed by atoms with Gasteiger partial charge in [0.2, 0.25) is 5.91 Å². The number of carbonyl (C=O) groups is 3. The number of hydrogen-bond acceptors (Lipinski definition) is 7. The summed E-state index contributed by atoms with van der Waals surface area (Å²) in [4.78, 5) is 38.8. The van der Waals surface area contributed by atoms with Gasteiger partial charge in [-0.05, 0) is 81.9 Å². The highest BCUT2D eigenvalue weighted by atomic mass is 19.4. The Bertz CT molecular complexity index is 1040. The third-order valence-corrected chi connectivity index (χ3v) is 6.10. The molecule has 41 heavy (non-hydrogen) atoms. The predicted octanol–water partition coefficient (Wildman–Crippen LogP) is 3.96. The minimum Gasteiger partial charge on any atom is -0.475 e. The fourth-order valence-electron chi connectivity index (χ4n) is 4.01. The lowest BCUT2D eigenvalue weighted by molar-refractivity contribution is -0.192. The summed E-state index contributed by atoms with van der Waals surface area (Å²) >= 11 is 0. The van der Waals surface area contributed by atoms with Gasteiger partial charge < -0.3 is 31.5 Å². The molecule has 2 saturated carbocycles. The van der Waals surface area contributed by atoms with Crippen LogP contribution >= 0.6 is 0 Å². The zero-order chi connectivity index (χ0) is 31.2. The van der Waals surface area contributed by atoms with Crippen LogP contribution in [0.15, 0.2) is 18.3 Å². The maximum atomic E-state index is 13.3. The maximum absolute atomic E-state index is 13.3. The van der Waals surface area contributed by atoms with Gasteiger partial charge in [0, 0.05) is 19.3 Å². The quantitative estimate of drug-likeness (QED) is 0.253. The molecular formula is C25H35F6N5O5. The van der Waals surface area contributed by atoms with Gasteiger partial charge >= 0.3 is 24.4 Å². The number of pyridine rings is 1. The lowest BCUT2D eigenvalue weighted by atomic mass is 9.89. The van der Waals surface area contributed by atoms with Gasteiger partial charge in [0.25, 0.3) is 0 Å². The van der Waals surface area contributed by atoms with Crippen LogP contribution in [0.3, 0.4) is 0 Å². The number of nitrogens with one attached hydrogen (secondary N) is 3. The number of carboxylic acid groups (broad SMARTS) is 1. The molecule has 2 amide bonds. The second-order valence-electron chi connectivity index (χ2n) is 11.0. The van der Waals surface area contributed by atoms with Crippen molar-refractivity contribution in [2.75, 3.05) is 11.9 Å². The minimum absolute atomic E-state index is 0.0289. The molecule has 2 atom stereocenters. The molecule has 2 fully saturated rings. The van der Waals surface area contributed by atoms with Gasteiger partial charge in [0.1, 0.15) is 23.5 Å². The monoisotopic (exact) mass is 599 g/mol. The number of aromatic nitrogens is 1. The Morgan fingerprint density at radius 3 is 2.05 bits per heavy atom. The van der Waals surface area contributed by atoms with E-state index in [-0.39, 0.29) is 24.2 Å². The van der Waals surface area contributed by atoms with Crippen LogP contribution in [0.4, 0.5) is 37.0 Å². The second kappa shape index (κ2) is 13.7. The zero-order valence-electron chi connectivity index (χ0n) is 22.7. The number of nitrogens with two attached hydrogens (primary N) is 1. The fraction of sp³-hybridized carbons (Fsp3) is 0.680. The molecule has 2 aliphatic rings. The minimum atomic E-state index is -5.08. The number of rotatable bonds is 10. The molecule has 6 N–H and O–H groups in total. The van der Waals surface area contributed by atoms with Crippen molar-refractivity contribution in [2.24, 2.45) is 23.5 Å². The van der Waals surface area contributed by atoms with Crippen LogP contribution in [0, 0.1) is 17.8 Å². The molecule has 0 aromatic carbocycles. The summed E-state index contributed by atoms with van der Waals surface area (Å²) in [7, 11) is 0. The van der Waals surface area contributed by atoms with Crippen molar-refractivity contribution in [1.29, 1.82) is 0 Å². The summed E-state index contributed by atoms with van der Waals surface area (Å²) in [6.45, 7) is 4.96. The SMILES string of the molecule is CC(C)(C)OC(=O)N[C@H](C(=O)Nc1cc(CNC[C@H](N)C(F)(F)F)ccn1)C(C1CC1)C1CC1.O=C(O)C(F)(F)F. The molecule has 232 valence electrons. The Hall–Kier alpha value is -3.14. The molecule has 1 heterocycles. The van der Waals surface area contributed by atoms with Crippen molar-refractivity contribution in [3.63, 3.8) is 0 Å². The first-order valence-electron chi connectivity index (χ1n) is 12.9. The van der Waals surface area contributed by atoms with E-state index < -0.39 is 48.6 Å². The lowest BCUT2D eigenvalue weighted by Gasteiger charge is -2.29. The molecule has 0 radical (unpaired) electrons. The van der Waals surface area contributed by atoms with E-state index in [0.29, 0.717) is 17.4 Å². The molecule has 0 aliphatic heterocycles. The number of halogens is 6. The molecule has 0 saturated heterocycles. The number of alkyl halides is 6. The standard InChI is InChI=1S/C23H34F3N5O3.C2HF3O2/c1-22(2,3)34-21(33)31-19(18(14-4-5-14)15-6-7-15)20(32)30-17-10-13(8-9-29-17)11-28-12-16(27)23(24,25)26;3-2(4,5)1(6)7/h8-10,14-16,18-19,28H,4-7,11-12,27H2,1-3H3,(H,31,33)(H,29,30,32);(H,6,7)/t16-,19-;/m0./s1. The molecule has 3 rings (SSSR count). The van der Waals surface area contributed by atoms with Crippen molar-refractivity contribution >= 4 is 23.8 Å². The zero-order valence-corrected chi connectivity index (χ0v) is 22.7. The van der Waals surface area contributed by atoms with E-state index in [1.165, 1.54) is 6.20 Å². The molecule has 2 aliphatic carbocycles. The maximum Gasteiger partial charge on any atom is 0.490 e. The molecule has 10 nitrogen and oxygen atoms in total. The highest BCUT2D eigenvalue weighted by molar-refractivity contribution is 5.96. The van der Waals surface area contributed by atoms with Gasteiger partial charge in [-0.3, -0.25) is 4.79 Å². The Morgan fingerprint density at radius 2 is 1.61 bits per heavy atom. The van der Waals surface area contributed by atoms with E-state index >= 15 is 0 Å². The first kappa shape index (κ1) is 34.1. The largest absolute Gasteiger partial charge is 0.490 e. The summed E-state index contributed by atoms with van der Waals surface area (Å²) in [5.41, 5.74) is 5.05. The Morgan fingerprint density at radius 1 is 1.07 bits per heavy atom. The summed E-state index contributed by atoms with van der Waals surface area (Å²) in [6, 6.07) is 0.492. The van der Waals surface area contributed by atoms with Crippen LogP contribution in [0.5, 0.6) is 0 Å². The topological polar surface area (TPSA) is 156 Å². The van der Waals surface area contributed by atoms with Crippen LogP contribution < -0.4 is 21.7 Å². The van der Waals surface area contributed by atoms with E-state index in [9.17, 15) is 35.9 Å². The van der Waals surface area contributed by atoms with Crippen molar-refractivity contribution < 1.29 is 50.6 Å². The number of carbonyl (C=O) groups excluding carboxylic acids is 2.